The molecule has 0 aliphatic heterocycles. The maximum atomic E-state index is 12.8. The summed E-state index contributed by atoms with van der Waals surface area (Å²) >= 11 is 0. The van der Waals surface area contributed by atoms with Gasteiger partial charge in [0.05, 0.1) is 12.5 Å². The molecule has 0 aromatic carbocycles. The Morgan fingerprint density at radius 2 is 2.00 bits per heavy atom. The average molecular weight is 359 g/mol. The van der Waals surface area contributed by atoms with E-state index in [0.717, 1.165) is 5.69 Å². The summed E-state index contributed by atoms with van der Waals surface area (Å²) in [6.07, 6.45) is 2.18. The highest BCUT2D eigenvalue weighted by molar-refractivity contribution is 5.98. The van der Waals surface area contributed by atoms with E-state index in [1.807, 2.05) is 27.7 Å². The molecule has 0 saturated heterocycles. The quantitative estimate of drug-likeness (QED) is 0.797. The monoisotopic (exact) mass is 359 g/mol. The van der Waals surface area contributed by atoms with Gasteiger partial charge in [-0.1, -0.05) is 20.3 Å². The number of methoxy groups -OCH3 is 1. The fourth-order valence-electron chi connectivity index (χ4n) is 2.78. The lowest BCUT2D eigenvalue weighted by atomic mass is 9.99. The van der Waals surface area contributed by atoms with E-state index >= 15 is 0 Å². The molecule has 0 radical (unpaired) electrons. The molecular formula is C19H25N3O4. The number of hydrogen-bond donors (Lipinski definition) is 1. The number of hydrogen-bond acceptors (Lipinski definition) is 5. The Morgan fingerprint density at radius 1 is 1.31 bits per heavy atom. The van der Waals surface area contributed by atoms with Crippen molar-refractivity contribution in [2.75, 3.05) is 7.11 Å². The van der Waals surface area contributed by atoms with Crippen molar-refractivity contribution < 1.29 is 14.3 Å². The van der Waals surface area contributed by atoms with E-state index in [9.17, 15) is 14.4 Å². The molecule has 26 heavy (non-hydrogen) atoms. The first kappa shape index (κ1) is 19.6. The predicted octanol–water partition coefficient (Wildman–Crippen LogP) is 2.04. The van der Waals surface area contributed by atoms with Crippen molar-refractivity contribution in [3.63, 3.8) is 0 Å². The van der Waals surface area contributed by atoms with Crippen molar-refractivity contribution in [3.05, 3.63) is 39.8 Å². The zero-order valence-corrected chi connectivity index (χ0v) is 15.8. The van der Waals surface area contributed by atoms with E-state index < -0.39 is 23.3 Å². The minimum atomic E-state index is -0.807. The van der Waals surface area contributed by atoms with Crippen LogP contribution in [-0.2, 0) is 16.1 Å². The fraction of sp³-hybridized carbons (Fsp3) is 0.474. The van der Waals surface area contributed by atoms with Gasteiger partial charge in [0.2, 0.25) is 5.43 Å². The van der Waals surface area contributed by atoms with Gasteiger partial charge in [-0.15, -0.1) is 0 Å². The summed E-state index contributed by atoms with van der Waals surface area (Å²) in [5.41, 5.74) is 0.920. The maximum absolute atomic E-state index is 12.8. The summed E-state index contributed by atoms with van der Waals surface area (Å²) in [6.45, 7) is 8.07. The van der Waals surface area contributed by atoms with Crippen LogP contribution in [0.4, 0.5) is 0 Å². The zero-order chi connectivity index (χ0) is 19.4. The molecule has 2 aromatic heterocycles. The molecule has 0 bridgehead atoms. The third-order valence-corrected chi connectivity index (χ3v) is 4.60. The Morgan fingerprint density at radius 3 is 2.58 bits per heavy atom. The first-order valence-corrected chi connectivity index (χ1v) is 8.73. The Balaban J connectivity index is 2.50. The van der Waals surface area contributed by atoms with Gasteiger partial charge in [-0.2, -0.15) is 0 Å². The minimum absolute atomic E-state index is 0.0118. The molecule has 1 amide bonds. The van der Waals surface area contributed by atoms with Gasteiger partial charge >= 0.3 is 5.97 Å². The number of carbonyl (C=O) groups excluding carboxylic acids is 2. The standard InChI is InChI=1S/C19H25N3O4/c1-6-11(3)15(19(25)26-5)21-18(24)14-10-22(7-2)17-13(16(14)23)9-8-12(4)20-17/h8-11,15H,6-7H2,1-5H3,(H,21,24)/t11-,15-/m0/s1. The van der Waals surface area contributed by atoms with Crippen LogP contribution < -0.4 is 10.7 Å². The molecule has 0 spiro atoms. The number of amides is 1. The van der Waals surface area contributed by atoms with Crippen LogP contribution >= 0.6 is 0 Å². The summed E-state index contributed by atoms with van der Waals surface area (Å²) in [4.78, 5) is 41.9. The summed E-state index contributed by atoms with van der Waals surface area (Å²) < 4.78 is 6.54. The molecule has 2 heterocycles. The summed E-state index contributed by atoms with van der Waals surface area (Å²) in [7, 11) is 1.28. The van der Waals surface area contributed by atoms with Crippen molar-refractivity contribution in [3.8, 4) is 0 Å². The summed E-state index contributed by atoms with van der Waals surface area (Å²) in [6, 6.07) is 2.61. The van der Waals surface area contributed by atoms with Crippen LogP contribution in [0.3, 0.4) is 0 Å². The second-order valence-corrected chi connectivity index (χ2v) is 6.34. The van der Waals surface area contributed by atoms with Gasteiger partial charge in [-0.25, -0.2) is 9.78 Å². The summed E-state index contributed by atoms with van der Waals surface area (Å²) in [5, 5.41) is 3.03. The molecule has 1 N–H and O–H groups in total. The van der Waals surface area contributed by atoms with Crippen LogP contribution in [0.1, 0.15) is 43.2 Å². The molecule has 0 aliphatic carbocycles. The van der Waals surface area contributed by atoms with Crippen LogP contribution in [0.15, 0.2) is 23.1 Å². The van der Waals surface area contributed by atoms with Crippen LogP contribution in [-0.4, -0.2) is 34.6 Å². The fourth-order valence-corrected chi connectivity index (χ4v) is 2.78. The van der Waals surface area contributed by atoms with Gasteiger partial charge in [-0.05, 0) is 31.9 Å². The van der Waals surface area contributed by atoms with Gasteiger partial charge in [0.25, 0.3) is 5.91 Å². The lowest BCUT2D eigenvalue weighted by Gasteiger charge is -2.22. The smallest absolute Gasteiger partial charge is 0.328 e. The number of carbonyl (C=O) groups is 2. The lowest BCUT2D eigenvalue weighted by molar-refractivity contribution is -0.144. The maximum Gasteiger partial charge on any atom is 0.328 e. The molecule has 140 valence electrons. The molecule has 2 atom stereocenters. The van der Waals surface area contributed by atoms with Crippen molar-refractivity contribution in [2.45, 2.75) is 46.7 Å². The SMILES string of the molecule is CC[C@H](C)[C@H](NC(=O)c1cn(CC)c2nc(C)ccc2c1=O)C(=O)OC. The molecule has 0 unspecified atom stereocenters. The van der Waals surface area contributed by atoms with Crippen molar-refractivity contribution in [2.24, 2.45) is 5.92 Å². The third-order valence-electron chi connectivity index (χ3n) is 4.60. The largest absolute Gasteiger partial charge is 0.467 e. The van der Waals surface area contributed by atoms with E-state index in [4.69, 9.17) is 4.74 Å². The van der Waals surface area contributed by atoms with Crippen LogP contribution in [0.2, 0.25) is 0 Å². The molecule has 0 saturated carbocycles. The number of nitrogens with one attached hydrogen (secondary N) is 1. The molecule has 7 heteroatoms. The molecule has 0 fully saturated rings. The van der Waals surface area contributed by atoms with E-state index in [2.05, 4.69) is 10.3 Å². The van der Waals surface area contributed by atoms with E-state index in [0.29, 0.717) is 24.0 Å². The molecule has 7 nitrogen and oxygen atoms in total. The third kappa shape index (κ3) is 3.76. The predicted molar refractivity (Wildman–Crippen MR) is 99.1 cm³/mol. The van der Waals surface area contributed by atoms with E-state index in [-0.39, 0.29) is 11.5 Å². The minimum Gasteiger partial charge on any atom is -0.467 e. The van der Waals surface area contributed by atoms with Gasteiger partial charge in [0.15, 0.2) is 0 Å². The Kier molecular flexibility index (Phi) is 6.13. The first-order chi connectivity index (χ1) is 12.3. The van der Waals surface area contributed by atoms with Crippen molar-refractivity contribution in [1.82, 2.24) is 14.9 Å². The average Bonchev–Trinajstić information content (AvgIpc) is 2.64. The highest BCUT2D eigenvalue weighted by Crippen LogP contribution is 2.13. The van der Waals surface area contributed by atoms with Crippen LogP contribution in [0.5, 0.6) is 0 Å². The highest BCUT2D eigenvalue weighted by atomic mass is 16.5. The number of aryl methyl sites for hydroxylation is 2. The molecule has 0 aliphatic rings. The van der Waals surface area contributed by atoms with Crippen LogP contribution in [0.25, 0.3) is 11.0 Å². The van der Waals surface area contributed by atoms with E-state index in [1.165, 1.54) is 13.3 Å². The Bertz CT molecular complexity index is 888. The van der Waals surface area contributed by atoms with Crippen LogP contribution in [0, 0.1) is 12.8 Å². The van der Waals surface area contributed by atoms with Gasteiger partial charge in [-0.3, -0.25) is 9.59 Å². The number of aromatic nitrogens is 2. The zero-order valence-electron chi connectivity index (χ0n) is 15.8. The Labute approximate surface area is 152 Å². The number of fused-ring (bicyclic) bond motifs is 1. The number of pyridine rings is 2. The van der Waals surface area contributed by atoms with Crippen molar-refractivity contribution >= 4 is 22.9 Å². The molecule has 2 aromatic rings. The number of ether oxygens (including phenoxy) is 1. The van der Waals surface area contributed by atoms with Gasteiger partial charge in [0.1, 0.15) is 17.3 Å². The number of nitrogens with zero attached hydrogens (tertiary/aromatic N) is 2. The second-order valence-electron chi connectivity index (χ2n) is 6.34. The van der Waals surface area contributed by atoms with Gasteiger partial charge in [0, 0.05) is 18.4 Å². The Hall–Kier alpha value is -2.70. The highest BCUT2D eigenvalue weighted by Gasteiger charge is 2.28. The lowest BCUT2D eigenvalue weighted by Crippen LogP contribution is -2.46. The number of rotatable bonds is 6. The first-order valence-electron chi connectivity index (χ1n) is 8.73. The second kappa shape index (κ2) is 8.12. The number of esters is 1. The van der Waals surface area contributed by atoms with E-state index in [1.54, 1.807) is 16.7 Å². The molecular weight excluding hydrogens is 334 g/mol. The molecule has 2 rings (SSSR count). The van der Waals surface area contributed by atoms with Gasteiger partial charge < -0.3 is 14.6 Å². The topological polar surface area (TPSA) is 90.3 Å². The summed E-state index contributed by atoms with van der Waals surface area (Å²) in [5.74, 6) is -1.23. The van der Waals surface area contributed by atoms with Crippen molar-refractivity contribution in [1.29, 1.82) is 0 Å². The normalized spacial score (nSPS) is 13.3.